The summed E-state index contributed by atoms with van der Waals surface area (Å²) in [6, 6.07) is 8.42. The van der Waals surface area contributed by atoms with Crippen LogP contribution >= 0.6 is 11.3 Å². The second-order valence-corrected chi connectivity index (χ2v) is 4.60. The normalized spacial score (nSPS) is 9.68. The van der Waals surface area contributed by atoms with E-state index in [2.05, 4.69) is 5.32 Å². The van der Waals surface area contributed by atoms with E-state index in [0.29, 0.717) is 27.6 Å². The Morgan fingerprint density at radius 3 is 2.89 bits per heavy atom. The van der Waals surface area contributed by atoms with E-state index in [1.54, 1.807) is 23.6 Å². The molecular weight excluding hydrogens is 262 g/mol. The van der Waals surface area contributed by atoms with Crippen molar-refractivity contribution in [3.8, 4) is 11.8 Å². The number of hydrogen-bond acceptors (Lipinski definition) is 5. The fourth-order valence-electron chi connectivity index (χ4n) is 1.55. The minimum Gasteiger partial charge on any atom is -0.495 e. The van der Waals surface area contributed by atoms with Crippen molar-refractivity contribution in [3.05, 3.63) is 40.1 Å². The lowest BCUT2D eigenvalue weighted by Gasteiger charge is -2.08. The van der Waals surface area contributed by atoms with Gasteiger partial charge < -0.3 is 15.8 Å². The number of benzene rings is 1. The summed E-state index contributed by atoms with van der Waals surface area (Å²) in [6.07, 6.45) is 0. The van der Waals surface area contributed by atoms with Gasteiger partial charge >= 0.3 is 0 Å². The Morgan fingerprint density at radius 1 is 1.47 bits per heavy atom. The molecule has 1 heterocycles. The molecule has 0 aliphatic heterocycles. The number of amides is 1. The number of nitriles is 1. The lowest BCUT2D eigenvalue weighted by molar-refractivity contribution is 0.102. The summed E-state index contributed by atoms with van der Waals surface area (Å²) in [5, 5.41) is 13.2. The first-order valence-corrected chi connectivity index (χ1v) is 6.26. The minimum atomic E-state index is -0.289. The second kappa shape index (κ2) is 5.42. The molecule has 2 aromatic rings. The van der Waals surface area contributed by atoms with Crippen molar-refractivity contribution in [1.29, 1.82) is 5.26 Å². The fraction of sp³-hybridized carbons (Fsp3) is 0.0769. The lowest BCUT2D eigenvalue weighted by atomic mass is 10.2. The molecule has 0 fully saturated rings. The van der Waals surface area contributed by atoms with Gasteiger partial charge in [-0.3, -0.25) is 4.79 Å². The van der Waals surface area contributed by atoms with E-state index < -0.39 is 0 Å². The zero-order chi connectivity index (χ0) is 13.8. The van der Waals surface area contributed by atoms with Crippen molar-refractivity contribution in [2.24, 2.45) is 0 Å². The number of carbonyl (C=O) groups is 1. The van der Waals surface area contributed by atoms with Crippen LogP contribution in [0.3, 0.4) is 0 Å². The van der Waals surface area contributed by atoms with Crippen LogP contribution in [0.2, 0.25) is 0 Å². The number of anilines is 2. The first kappa shape index (κ1) is 12.9. The highest BCUT2D eigenvalue weighted by Crippen LogP contribution is 2.27. The van der Waals surface area contributed by atoms with Gasteiger partial charge in [-0.05, 0) is 29.6 Å². The topological polar surface area (TPSA) is 88.1 Å². The molecule has 3 N–H and O–H groups in total. The minimum absolute atomic E-state index is 0.289. The van der Waals surface area contributed by atoms with Crippen LogP contribution in [0, 0.1) is 11.3 Å². The van der Waals surface area contributed by atoms with E-state index >= 15 is 0 Å². The van der Waals surface area contributed by atoms with Crippen LogP contribution in [0.1, 0.15) is 15.2 Å². The number of rotatable bonds is 3. The Hall–Kier alpha value is -2.52. The summed E-state index contributed by atoms with van der Waals surface area (Å²) in [5.41, 5.74) is 7.05. The molecule has 5 nitrogen and oxygen atoms in total. The van der Waals surface area contributed by atoms with Crippen molar-refractivity contribution < 1.29 is 9.53 Å². The van der Waals surface area contributed by atoms with E-state index in [1.807, 2.05) is 6.07 Å². The van der Waals surface area contributed by atoms with Crippen molar-refractivity contribution in [2.45, 2.75) is 0 Å². The van der Waals surface area contributed by atoms with Crippen LogP contribution in [-0.4, -0.2) is 13.0 Å². The van der Waals surface area contributed by atoms with Gasteiger partial charge in [-0.25, -0.2) is 0 Å². The van der Waals surface area contributed by atoms with Crippen LogP contribution in [0.15, 0.2) is 29.6 Å². The lowest BCUT2D eigenvalue weighted by Crippen LogP contribution is -2.12. The number of nitrogens with one attached hydrogen (secondary N) is 1. The van der Waals surface area contributed by atoms with Crippen LogP contribution in [0.25, 0.3) is 0 Å². The number of nitrogens with two attached hydrogens (primary N) is 1. The zero-order valence-electron chi connectivity index (χ0n) is 10.1. The van der Waals surface area contributed by atoms with Gasteiger partial charge in [0.15, 0.2) is 0 Å². The maximum absolute atomic E-state index is 12.1. The van der Waals surface area contributed by atoms with E-state index in [9.17, 15) is 4.79 Å². The number of ether oxygens (including phenoxy) is 1. The highest BCUT2D eigenvalue weighted by atomic mass is 32.1. The van der Waals surface area contributed by atoms with E-state index in [0.717, 1.165) is 0 Å². The standard InChI is InChI=1S/C13H11N3O2S/c1-18-11-4-5-19-12(11)13(17)16-10-3-2-8(7-14)6-9(10)15/h2-6H,15H2,1H3,(H,16,17). The predicted octanol–water partition coefficient (Wildman–Crippen LogP) is 2.46. The van der Waals surface area contributed by atoms with Crippen LogP contribution in [-0.2, 0) is 0 Å². The summed E-state index contributed by atoms with van der Waals surface area (Å²) < 4.78 is 5.09. The molecule has 0 bridgehead atoms. The van der Waals surface area contributed by atoms with Crippen molar-refractivity contribution in [2.75, 3.05) is 18.2 Å². The molecule has 1 aromatic heterocycles. The molecule has 0 unspecified atom stereocenters. The predicted molar refractivity (Wildman–Crippen MR) is 74.4 cm³/mol. The third-order valence-electron chi connectivity index (χ3n) is 2.48. The molecule has 0 aliphatic rings. The quantitative estimate of drug-likeness (QED) is 0.841. The maximum Gasteiger partial charge on any atom is 0.269 e. The molecule has 96 valence electrons. The smallest absolute Gasteiger partial charge is 0.269 e. The van der Waals surface area contributed by atoms with Gasteiger partial charge in [0.1, 0.15) is 10.6 Å². The first-order chi connectivity index (χ1) is 9.15. The maximum atomic E-state index is 12.1. The Labute approximate surface area is 114 Å². The molecule has 0 spiro atoms. The number of carbonyl (C=O) groups excluding carboxylic acids is 1. The molecule has 0 saturated carbocycles. The van der Waals surface area contributed by atoms with Gasteiger partial charge in [0.05, 0.1) is 30.1 Å². The van der Waals surface area contributed by atoms with Crippen molar-refractivity contribution >= 4 is 28.6 Å². The Bertz CT molecular complexity index is 658. The highest BCUT2D eigenvalue weighted by Gasteiger charge is 2.15. The molecule has 6 heteroatoms. The molecule has 0 saturated heterocycles. The molecule has 0 radical (unpaired) electrons. The molecule has 2 rings (SSSR count). The van der Waals surface area contributed by atoms with Gasteiger partial charge in [0.25, 0.3) is 5.91 Å². The van der Waals surface area contributed by atoms with Crippen LogP contribution < -0.4 is 15.8 Å². The number of methoxy groups -OCH3 is 1. The third-order valence-corrected chi connectivity index (χ3v) is 3.38. The zero-order valence-corrected chi connectivity index (χ0v) is 11.0. The van der Waals surface area contributed by atoms with Crippen LogP contribution in [0.5, 0.6) is 5.75 Å². The van der Waals surface area contributed by atoms with E-state index in [1.165, 1.54) is 24.5 Å². The summed E-state index contributed by atoms with van der Waals surface area (Å²) in [4.78, 5) is 12.5. The second-order valence-electron chi connectivity index (χ2n) is 3.69. The molecule has 1 amide bonds. The van der Waals surface area contributed by atoms with Gasteiger partial charge in [-0.1, -0.05) is 0 Å². The summed E-state index contributed by atoms with van der Waals surface area (Å²) >= 11 is 1.28. The van der Waals surface area contributed by atoms with Gasteiger partial charge in [-0.2, -0.15) is 5.26 Å². The van der Waals surface area contributed by atoms with Crippen molar-refractivity contribution in [3.63, 3.8) is 0 Å². The number of nitrogens with zero attached hydrogens (tertiary/aromatic N) is 1. The number of hydrogen-bond donors (Lipinski definition) is 2. The Kier molecular flexibility index (Phi) is 3.68. The highest BCUT2D eigenvalue weighted by molar-refractivity contribution is 7.12. The largest absolute Gasteiger partial charge is 0.495 e. The fourth-order valence-corrected chi connectivity index (χ4v) is 2.30. The van der Waals surface area contributed by atoms with E-state index in [4.69, 9.17) is 15.7 Å². The van der Waals surface area contributed by atoms with E-state index in [-0.39, 0.29) is 5.91 Å². The molecule has 19 heavy (non-hydrogen) atoms. The third kappa shape index (κ3) is 2.67. The average Bonchev–Trinajstić information content (AvgIpc) is 2.89. The van der Waals surface area contributed by atoms with Gasteiger partial charge in [0.2, 0.25) is 0 Å². The average molecular weight is 273 g/mol. The van der Waals surface area contributed by atoms with Gasteiger partial charge in [-0.15, -0.1) is 11.3 Å². The molecule has 0 aliphatic carbocycles. The SMILES string of the molecule is COc1ccsc1C(=O)Nc1ccc(C#N)cc1N. The summed E-state index contributed by atoms with van der Waals surface area (Å²) in [5.74, 6) is 0.234. The monoisotopic (exact) mass is 273 g/mol. The number of thiophene rings is 1. The Balaban J connectivity index is 2.22. The van der Waals surface area contributed by atoms with Crippen LogP contribution in [0.4, 0.5) is 11.4 Å². The summed E-state index contributed by atoms with van der Waals surface area (Å²) in [6.45, 7) is 0. The molecule has 1 aromatic carbocycles. The Morgan fingerprint density at radius 2 is 2.26 bits per heavy atom. The van der Waals surface area contributed by atoms with Crippen molar-refractivity contribution in [1.82, 2.24) is 0 Å². The molecular formula is C13H11N3O2S. The number of nitrogen functional groups attached to an aromatic ring is 1. The van der Waals surface area contributed by atoms with Gasteiger partial charge in [0, 0.05) is 0 Å². The summed E-state index contributed by atoms with van der Waals surface area (Å²) in [7, 11) is 1.51. The molecule has 0 atom stereocenters. The first-order valence-electron chi connectivity index (χ1n) is 5.38.